The van der Waals surface area contributed by atoms with E-state index in [9.17, 15) is 19.8 Å². The van der Waals surface area contributed by atoms with E-state index in [1.54, 1.807) is 18.3 Å². The molecule has 4 rings (SSSR count). The second-order valence-electron chi connectivity index (χ2n) is 7.52. The van der Waals surface area contributed by atoms with E-state index in [0.29, 0.717) is 5.69 Å². The SMILES string of the molecule is O=c1ccn(C2OC(CCO)C(O)C2O)c(=O)n1Cc1cc(Nc2ccccc2)ccn1.OP.OP.OP. The highest BCUT2D eigenvalue weighted by Crippen LogP contribution is 2.29. The lowest BCUT2D eigenvalue weighted by Gasteiger charge is -2.18. The van der Waals surface area contributed by atoms with Crippen LogP contribution < -0.4 is 16.6 Å². The van der Waals surface area contributed by atoms with E-state index < -0.39 is 35.8 Å². The van der Waals surface area contributed by atoms with Gasteiger partial charge in [0.25, 0.3) is 5.56 Å². The molecule has 0 bridgehead atoms. The van der Waals surface area contributed by atoms with Gasteiger partial charge in [-0.25, -0.2) is 4.79 Å². The van der Waals surface area contributed by atoms with Gasteiger partial charge in [-0.2, -0.15) is 0 Å². The molecule has 3 heterocycles. The number of aliphatic hydroxyl groups excluding tert-OH is 3. The van der Waals surface area contributed by atoms with E-state index in [-0.39, 0.29) is 19.6 Å². The molecule has 1 fully saturated rings. The van der Waals surface area contributed by atoms with Crippen LogP contribution in [0.5, 0.6) is 0 Å². The normalized spacial score (nSPS) is 19.6. The third-order valence-corrected chi connectivity index (χ3v) is 5.32. The summed E-state index contributed by atoms with van der Waals surface area (Å²) in [6, 6.07) is 14.2. The van der Waals surface area contributed by atoms with Crippen LogP contribution in [0, 0.1) is 0 Å². The average molecular weight is 590 g/mol. The maximum Gasteiger partial charge on any atom is 0.333 e. The van der Waals surface area contributed by atoms with E-state index in [2.05, 4.69) is 10.3 Å². The highest BCUT2D eigenvalue weighted by molar-refractivity contribution is 7.08. The maximum atomic E-state index is 13.0. The number of para-hydroxylation sites is 1. The standard InChI is InChI=1S/C22H24N4O6.3H3OP/c27-11-8-17-19(29)20(30)21(32-17)25-10-7-18(28)26(22(25)31)13-16-12-15(6-9-23-16)24-14-4-2-1-3-5-14;3*1-2/h1-7,9-10,12,17,19-21,27,29-30H,8,11,13H2,(H,23,24);3*1H,2H2. The van der Waals surface area contributed by atoms with Crippen LogP contribution in [0.15, 0.2) is 70.5 Å². The van der Waals surface area contributed by atoms with Gasteiger partial charge in [-0.15, -0.1) is 0 Å². The third kappa shape index (κ3) is 8.97. The molecule has 13 nitrogen and oxygen atoms in total. The maximum absolute atomic E-state index is 13.0. The lowest BCUT2D eigenvalue weighted by Crippen LogP contribution is -2.43. The van der Waals surface area contributed by atoms with Crippen molar-refractivity contribution in [2.75, 3.05) is 11.9 Å². The molecule has 0 radical (unpaired) electrons. The lowest BCUT2D eigenvalue weighted by molar-refractivity contribution is -0.0458. The molecule has 0 spiro atoms. The Morgan fingerprint density at radius 3 is 2.21 bits per heavy atom. The van der Waals surface area contributed by atoms with Crippen molar-refractivity contribution in [1.82, 2.24) is 14.1 Å². The Hall–Kier alpha value is -2.14. The van der Waals surface area contributed by atoms with Crippen molar-refractivity contribution in [3.8, 4) is 0 Å². The van der Waals surface area contributed by atoms with Crippen molar-refractivity contribution in [2.24, 2.45) is 0 Å². The first-order valence-corrected chi connectivity index (χ1v) is 12.5. The smallest absolute Gasteiger partial charge is 0.333 e. The number of aromatic nitrogens is 3. The highest BCUT2D eigenvalue weighted by Gasteiger charge is 2.43. The fourth-order valence-electron chi connectivity index (χ4n) is 3.69. The molecule has 7 atom stereocenters. The van der Waals surface area contributed by atoms with Crippen LogP contribution in [0.3, 0.4) is 0 Å². The summed E-state index contributed by atoms with van der Waals surface area (Å²) in [6.07, 6.45) is -1.74. The summed E-state index contributed by atoms with van der Waals surface area (Å²) >= 11 is 0. The molecule has 16 heteroatoms. The zero-order valence-corrected chi connectivity index (χ0v) is 23.7. The molecule has 2 aromatic heterocycles. The highest BCUT2D eigenvalue weighted by atomic mass is 31.0. The summed E-state index contributed by atoms with van der Waals surface area (Å²) in [4.78, 5) is 50.5. The van der Waals surface area contributed by atoms with Crippen LogP contribution in [0.2, 0.25) is 0 Å². The van der Waals surface area contributed by atoms with Gasteiger partial charge in [-0.1, -0.05) is 18.2 Å². The Labute approximate surface area is 225 Å². The number of hydrogen-bond acceptors (Lipinski definition) is 11. The summed E-state index contributed by atoms with van der Waals surface area (Å²) < 4.78 is 7.64. The van der Waals surface area contributed by atoms with Crippen LogP contribution in [0.1, 0.15) is 18.3 Å². The summed E-state index contributed by atoms with van der Waals surface area (Å²) in [5.74, 6) is 0. The Morgan fingerprint density at radius 2 is 1.58 bits per heavy atom. The first-order chi connectivity index (χ1) is 18.5. The number of hydrogen-bond donors (Lipinski definition) is 7. The predicted octanol–water partition coefficient (Wildman–Crippen LogP) is -0.495. The summed E-state index contributed by atoms with van der Waals surface area (Å²) in [7, 11) is 4.25. The number of rotatable bonds is 7. The monoisotopic (exact) mass is 590 g/mol. The molecule has 38 heavy (non-hydrogen) atoms. The van der Waals surface area contributed by atoms with Crippen LogP contribution in [-0.4, -0.2) is 69.0 Å². The molecule has 3 aromatic rings. The minimum absolute atomic E-state index is 0.0890. The van der Waals surface area contributed by atoms with Crippen molar-refractivity contribution in [2.45, 2.75) is 37.5 Å². The van der Waals surface area contributed by atoms with Crippen molar-refractivity contribution in [3.05, 3.63) is 87.5 Å². The van der Waals surface area contributed by atoms with Gasteiger partial charge in [-0.05, 0) is 59.1 Å². The van der Waals surface area contributed by atoms with Crippen LogP contribution in [0.4, 0.5) is 11.4 Å². The van der Waals surface area contributed by atoms with Gasteiger partial charge in [0, 0.05) is 36.4 Å². The number of benzene rings is 1. The van der Waals surface area contributed by atoms with Gasteiger partial charge in [-0.3, -0.25) is 18.9 Å². The summed E-state index contributed by atoms with van der Waals surface area (Å²) in [5.41, 5.74) is 0.868. The third-order valence-electron chi connectivity index (χ3n) is 5.32. The van der Waals surface area contributed by atoms with Crippen molar-refractivity contribution >= 4 is 39.8 Å². The van der Waals surface area contributed by atoms with E-state index >= 15 is 0 Å². The van der Waals surface area contributed by atoms with Crippen molar-refractivity contribution in [3.63, 3.8) is 0 Å². The lowest BCUT2D eigenvalue weighted by atomic mass is 10.1. The number of nitrogens with one attached hydrogen (secondary N) is 1. The van der Waals surface area contributed by atoms with Crippen LogP contribution >= 0.6 is 28.4 Å². The van der Waals surface area contributed by atoms with Crippen molar-refractivity contribution < 1.29 is 34.7 Å². The van der Waals surface area contributed by atoms with Crippen LogP contribution in [-0.2, 0) is 11.3 Å². The zero-order valence-electron chi connectivity index (χ0n) is 20.2. The van der Waals surface area contributed by atoms with E-state index in [0.717, 1.165) is 20.5 Å². The number of ether oxygens (including phenoxy) is 1. The van der Waals surface area contributed by atoms with E-state index in [4.69, 9.17) is 24.5 Å². The van der Waals surface area contributed by atoms with Gasteiger partial charge in [0.15, 0.2) is 6.23 Å². The second kappa shape index (κ2) is 18.2. The van der Waals surface area contributed by atoms with Gasteiger partial charge >= 0.3 is 5.69 Å². The molecule has 1 saturated heterocycles. The van der Waals surface area contributed by atoms with Gasteiger partial charge in [0.2, 0.25) is 0 Å². The predicted molar refractivity (Wildman–Crippen MR) is 151 cm³/mol. The first kappa shape index (κ1) is 33.9. The Balaban J connectivity index is 0.00000112. The molecule has 1 aromatic carbocycles. The molecule has 1 aliphatic rings. The molecule has 0 aliphatic carbocycles. The molecule has 1 aliphatic heterocycles. The molecule has 210 valence electrons. The first-order valence-electron chi connectivity index (χ1n) is 11.0. The summed E-state index contributed by atoms with van der Waals surface area (Å²) in [5, 5.41) is 32.8. The fourth-order valence-corrected chi connectivity index (χ4v) is 3.69. The Bertz CT molecular complexity index is 1200. The summed E-state index contributed by atoms with van der Waals surface area (Å²) in [6.45, 7) is -0.331. The second-order valence-corrected chi connectivity index (χ2v) is 7.52. The molecular weight excluding hydrogens is 557 g/mol. The molecular formula is C22H33N4O9P3. The topological polar surface area (TPSA) is 200 Å². The quantitative estimate of drug-likeness (QED) is 0.175. The number of anilines is 2. The van der Waals surface area contributed by atoms with Crippen LogP contribution in [0.25, 0.3) is 0 Å². The van der Waals surface area contributed by atoms with Gasteiger partial charge < -0.3 is 40.1 Å². The minimum Gasteiger partial charge on any atom is -0.396 e. The van der Waals surface area contributed by atoms with Gasteiger partial charge in [0.1, 0.15) is 12.2 Å². The van der Waals surface area contributed by atoms with E-state index in [1.165, 1.54) is 40.7 Å². The van der Waals surface area contributed by atoms with Gasteiger partial charge in [0.05, 0.1) is 18.3 Å². The zero-order chi connectivity index (χ0) is 28.7. The number of pyridine rings is 1. The molecule has 0 saturated carbocycles. The molecule has 7 N–H and O–H groups in total. The number of nitrogens with zero attached hydrogens (tertiary/aromatic N) is 3. The number of aliphatic hydroxyl groups is 3. The fraction of sp³-hybridized carbons (Fsp3) is 0.318. The minimum atomic E-state index is -1.38. The Kier molecular flexibility index (Phi) is 16.2. The molecule has 7 unspecified atom stereocenters. The average Bonchev–Trinajstić information content (AvgIpc) is 3.24. The Morgan fingerprint density at radius 1 is 0.921 bits per heavy atom. The van der Waals surface area contributed by atoms with Crippen molar-refractivity contribution in [1.29, 1.82) is 0 Å². The molecule has 0 amide bonds. The largest absolute Gasteiger partial charge is 0.396 e. The van der Waals surface area contributed by atoms with E-state index in [1.807, 2.05) is 30.3 Å².